The predicted molar refractivity (Wildman–Crippen MR) is 289 cm³/mol. The van der Waals surface area contributed by atoms with Crippen molar-refractivity contribution >= 4 is 117 Å². The van der Waals surface area contributed by atoms with Crippen LogP contribution in [0.2, 0.25) is 0 Å². The summed E-state index contributed by atoms with van der Waals surface area (Å²) in [6.07, 6.45) is 0. The van der Waals surface area contributed by atoms with Crippen molar-refractivity contribution in [3.05, 3.63) is 193 Å². The molecule has 0 unspecified atom stereocenters. The van der Waals surface area contributed by atoms with Gasteiger partial charge in [-0.25, -0.2) is 0 Å². The highest BCUT2D eigenvalue weighted by Crippen LogP contribution is 2.58. The second-order valence-electron chi connectivity index (χ2n) is 18.4. The lowest BCUT2D eigenvalue weighted by atomic mass is 9.82. The van der Waals surface area contributed by atoms with Crippen LogP contribution in [0.3, 0.4) is 0 Å². The largest absolute Gasteiger partial charge is 0.192 e. The second-order valence-corrected chi connectivity index (χ2v) is 20.6. The van der Waals surface area contributed by atoms with Crippen LogP contribution in [0.25, 0.3) is 161 Å². The van der Waals surface area contributed by atoms with Gasteiger partial charge in [-0.1, -0.05) is 121 Å². The first-order chi connectivity index (χ1) is 33.6. The Labute approximate surface area is 397 Å². The standard InChI is InChI=1S/C64H30N2S2/c65-31-33-23-52(61-42-13-1-3-19-55(42)67-57(61)25-33)51-28-45-37(46-27-47-38-15-5-9-35-10-6-16-39(59(35)38)48(47)29-50(46)51)21-22-41-49(45)30-53-40-17-7-11-36-12-8-18-44(60(36)40)64(53)63(41)54-24-34(32-66)26-58-62(54)43-14-2-4-20-56(43)68-58/h1-30H. The third kappa shape index (κ3) is 4.63. The molecule has 12 aromatic carbocycles. The van der Waals surface area contributed by atoms with Gasteiger partial charge < -0.3 is 0 Å². The molecular formula is C64H30N2S2. The zero-order chi connectivity index (χ0) is 44.5. The molecule has 68 heavy (non-hydrogen) atoms. The minimum absolute atomic E-state index is 0.652. The smallest absolute Gasteiger partial charge is 0.0992 e. The molecule has 4 heteroatoms. The third-order valence-electron chi connectivity index (χ3n) is 15.1. The molecule has 0 spiro atoms. The van der Waals surface area contributed by atoms with Gasteiger partial charge in [0.05, 0.1) is 23.3 Å². The summed E-state index contributed by atoms with van der Waals surface area (Å²) in [7, 11) is 0. The van der Waals surface area contributed by atoms with Gasteiger partial charge in [-0.2, -0.15) is 10.5 Å². The summed E-state index contributed by atoms with van der Waals surface area (Å²) in [6.45, 7) is 0. The lowest BCUT2D eigenvalue weighted by Crippen LogP contribution is -1.93. The molecular weight excluding hydrogens is 861 g/mol. The summed E-state index contributed by atoms with van der Waals surface area (Å²) >= 11 is 3.52. The van der Waals surface area contributed by atoms with Crippen LogP contribution in [0.4, 0.5) is 0 Å². The molecule has 0 aliphatic heterocycles. The average molecular weight is 891 g/mol. The third-order valence-corrected chi connectivity index (χ3v) is 17.4. The van der Waals surface area contributed by atoms with Crippen LogP contribution >= 0.6 is 22.7 Å². The summed E-state index contributed by atoms with van der Waals surface area (Å²) in [5.41, 5.74) is 15.6. The fourth-order valence-corrected chi connectivity index (χ4v) is 14.7. The maximum atomic E-state index is 10.7. The molecule has 2 nitrogen and oxygen atoms in total. The fourth-order valence-electron chi connectivity index (χ4n) is 12.4. The Balaban J connectivity index is 1.13. The van der Waals surface area contributed by atoms with Crippen molar-refractivity contribution in [2.45, 2.75) is 0 Å². The lowest BCUT2D eigenvalue weighted by molar-refractivity contribution is 1.50. The SMILES string of the molecule is N#Cc1cc(-c2cc3c4cc5c(c(-c6cc(C#N)cc7sc8ccccc8c67)c4ccc3c3cc4c(cc23)-c2cccc3cccc-4c23)-c2cccc3cccc-5c23)c2c(c1)sc1ccccc12. The van der Waals surface area contributed by atoms with Gasteiger partial charge in [0.15, 0.2) is 0 Å². The van der Waals surface area contributed by atoms with E-state index in [4.69, 9.17) is 0 Å². The fraction of sp³-hybridized carbons (Fsp3) is 0. The number of fused-ring (bicyclic) bond motifs is 17. The average Bonchev–Trinajstić information content (AvgIpc) is 4.14. The van der Waals surface area contributed by atoms with Crippen LogP contribution in [0, 0.1) is 22.7 Å². The Morgan fingerprint density at radius 1 is 0.265 bits per heavy atom. The molecule has 0 N–H and O–H groups in total. The van der Waals surface area contributed by atoms with Crippen molar-refractivity contribution in [1.29, 1.82) is 10.5 Å². The van der Waals surface area contributed by atoms with Crippen molar-refractivity contribution in [2.75, 3.05) is 0 Å². The van der Waals surface area contributed by atoms with Gasteiger partial charge in [-0.15, -0.1) is 22.7 Å². The topological polar surface area (TPSA) is 47.6 Å². The molecule has 0 fully saturated rings. The molecule has 2 heterocycles. The number of thiophene rings is 2. The number of hydrogen-bond donors (Lipinski definition) is 0. The van der Waals surface area contributed by atoms with E-state index in [2.05, 4.69) is 194 Å². The van der Waals surface area contributed by atoms with E-state index in [1.54, 1.807) is 22.7 Å². The Kier molecular flexibility index (Phi) is 7.01. The van der Waals surface area contributed by atoms with E-state index in [-0.39, 0.29) is 0 Å². The summed E-state index contributed by atoms with van der Waals surface area (Å²) in [5, 5.41) is 38.1. The number of rotatable bonds is 2. The Morgan fingerprint density at radius 2 is 0.735 bits per heavy atom. The summed E-state index contributed by atoms with van der Waals surface area (Å²) < 4.78 is 4.64. The first-order valence-corrected chi connectivity index (χ1v) is 24.6. The molecule has 0 saturated heterocycles. The van der Waals surface area contributed by atoms with E-state index in [0.717, 1.165) is 47.8 Å². The Bertz CT molecular complexity index is 4810. The molecule has 0 saturated carbocycles. The zero-order valence-electron chi connectivity index (χ0n) is 36.0. The highest BCUT2D eigenvalue weighted by atomic mass is 32.1. The molecule has 0 amide bonds. The molecule has 2 aliphatic carbocycles. The van der Waals surface area contributed by atoms with Gasteiger partial charge in [0.2, 0.25) is 0 Å². The van der Waals surface area contributed by atoms with Gasteiger partial charge >= 0.3 is 0 Å². The van der Waals surface area contributed by atoms with Crippen molar-refractivity contribution < 1.29 is 0 Å². The number of nitriles is 2. The lowest BCUT2D eigenvalue weighted by Gasteiger charge is -2.20. The summed E-state index contributed by atoms with van der Waals surface area (Å²) in [4.78, 5) is 0. The van der Waals surface area contributed by atoms with Crippen molar-refractivity contribution in [3.8, 4) is 78.9 Å². The van der Waals surface area contributed by atoms with Crippen LogP contribution in [0.5, 0.6) is 0 Å². The second kappa shape index (κ2) is 13.0. The van der Waals surface area contributed by atoms with Gasteiger partial charge in [0.1, 0.15) is 0 Å². The van der Waals surface area contributed by atoms with E-state index < -0.39 is 0 Å². The van der Waals surface area contributed by atoms with Crippen molar-refractivity contribution in [3.63, 3.8) is 0 Å². The van der Waals surface area contributed by atoms with Crippen LogP contribution < -0.4 is 0 Å². The van der Waals surface area contributed by atoms with E-state index in [9.17, 15) is 10.5 Å². The summed E-state index contributed by atoms with van der Waals surface area (Å²) in [6, 6.07) is 72.1. The van der Waals surface area contributed by atoms with E-state index >= 15 is 0 Å². The number of nitrogens with zero attached hydrogens (tertiary/aromatic N) is 2. The van der Waals surface area contributed by atoms with Crippen LogP contribution in [-0.2, 0) is 0 Å². The maximum Gasteiger partial charge on any atom is 0.0992 e. The van der Waals surface area contributed by atoms with Crippen LogP contribution in [-0.4, -0.2) is 0 Å². The predicted octanol–water partition coefficient (Wildman–Crippen LogP) is 18.6. The van der Waals surface area contributed by atoms with Crippen molar-refractivity contribution in [2.24, 2.45) is 0 Å². The molecule has 0 radical (unpaired) electrons. The Hall–Kier alpha value is -8.64. The monoisotopic (exact) mass is 890 g/mol. The first kappa shape index (κ1) is 36.6. The molecule has 0 bridgehead atoms. The number of hydrogen-bond acceptors (Lipinski definition) is 4. The molecule has 16 rings (SSSR count). The Morgan fingerprint density at radius 3 is 1.37 bits per heavy atom. The van der Waals surface area contributed by atoms with E-state index in [0.29, 0.717) is 11.1 Å². The molecule has 0 atom stereocenters. The summed E-state index contributed by atoms with van der Waals surface area (Å²) in [5.74, 6) is 0. The van der Waals surface area contributed by atoms with Crippen LogP contribution in [0.15, 0.2) is 182 Å². The quantitative estimate of drug-likeness (QED) is 0.162. The van der Waals surface area contributed by atoms with Gasteiger partial charge in [0, 0.05) is 40.3 Å². The zero-order valence-corrected chi connectivity index (χ0v) is 37.7. The highest BCUT2D eigenvalue weighted by Gasteiger charge is 2.30. The molecule has 2 aliphatic rings. The van der Waals surface area contributed by atoms with E-state index in [1.807, 2.05) is 0 Å². The maximum absolute atomic E-state index is 10.7. The molecule has 308 valence electrons. The van der Waals surface area contributed by atoms with Gasteiger partial charge in [-0.05, 0) is 181 Å². The number of benzene rings is 12. The first-order valence-electron chi connectivity index (χ1n) is 22.9. The molecule has 14 aromatic rings. The van der Waals surface area contributed by atoms with Crippen LogP contribution in [0.1, 0.15) is 11.1 Å². The molecule has 2 aromatic heterocycles. The van der Waals surface area contributed by atoms with Crippen molar-refractivity contribution in [1.82, 2.24) is 0 Å². The van der Waals surface area contributed by atoms with Gasteiger partial charge in [0.25, 0.3) is 0 Å². The normalized spacial score (nSPS) is 12.4. The minimum atomic E-state index is 0.652. The van der Waals surface area contributed by atoms with Gasteiger partial charge in [-0.3, -0.25) is 0 Å². The minimum Gasteiger partial charge on any atom is -0.192 e. The van der Waals surface area contributed by atoms with E-state index in [1.165, 1.54) is 113 Å². The highest BCUT2D eigenvalue weighted by molar-refractivity contribution is 7.26.